The van der Waals surface area contributed by atoms with Crippen molar-refractivity contribution in [2.24, 2.45) is 7.05 Å². The van der Waals surface area contributed by atoms with Gasteiger partial charge < -0.3 is 15.0 Å². The van der Waals surface area contributed by atoms with Crippen molar-refractivity contribution in [1.82, 2.24) is 4.57 Å². The van der Waals surface area contributed by atoms with Crippen molar-refractivity contribution >= 4 is 23.1 Å². The quantitative estimate of drug-likeness (QED) is 0.623. The van der Waals surface area contributed by atoms with Crippen LogP contribution in [-0.2, 0) is 16.6 Å². The van der Waals surface area contributed by atoms with Crippen molar-refractivity contribution in [3.63, 3.8) is 0 Å². The lowest BCUT2D eigenvalue weighted by atomic mass is 10.2. The first-order valence-electron chi connectivity index (χ1n) is 5.75. The molecule has 2 N–H and O–H groups in total. The van der Waals surface area contributed by atoms with Gasteiger partial charge in [-0.2, -0.15) is 0 Å². The van der Waals surface area contributed by atoms with Crippen molar-refractivity contribution in [3.8, 4) is 0 Å². The molecule has 0 aliphatic carbocycles. The Bertz CT molecular complexity index is 524. The number of rotatable bonds is 1. The molecule has 2 aromatic rings. The minimum atomic E-state index is -0.318. The molecule has 0 saturated carbocycles. The molecule has 4 nitrogen and oxygen atoms in total. The number of nitrogen functional groups attached to an aromatic ring is 1. The third kappa shape index (κ3) is 4.13. The maximum absolute atomic E-state index is 9.60. The SMILES string of the molecule is CC(C)(C)OC=O.Cn1ccc2cc(N)ccc21. The second kappa shape index (κ2) is 5.58. The van der Waals surface area contributed by atoms with E-state index >= 15 is 0 Å². The molecule has 0 aliphatic rings. The van der Waals surface area contributed by atoms with E-state index in [1.807, 2.05) is 52.2 Å². The van der Waals surface area contributed by atoms with Crippen LogP contribution < -0.4 is 5.73 Å². The van der Waals surface area contributed by atoms with Crippen molar-refractivity contribution in [2.75, 3.05) is 5.73 Å². The first kappa shape index (κ1) is 14.1. The summed E-state index contributed by atoms with van der Waals surface area (Å²) in [5.74, 6) is 0. The fourth-order valence-corrected chi connectivity index (χ4v) is 1.44. The minimum absolute atomic E-state index is 0.318. The number of aryl methyl sites for hydroxylation is 1. The lowest BCUT2D eigenvalue weighted by molar-refractivity contribution is -0.138. The van der Waals surface area contributed by atoms with E-state index in [4.69, 9.17) is 5.73 Å². The molecule has 1 aromatic heterocycles. The molecule has 0 bridgehead atoms. The number of fused-ring (bicyclic) bond motifs is 1. The van der Waals surface area contributed by atoms with Gasteiger partial charge in [-0.15, -0.1) is 0 Å². The van der Waals surface area contributed by atoms with Gasteiger partial charge in [-0.25, -0.2) is 0 Å². The first-order chi connectivity index (χ1) is 8.33. The second-order valence-electron chi connectivity index (χ2n) is 5.07. The zero-order valence-corrected chi connectivity index (χ0v) is 11.3. The van der Waals surface area contributed by atoms with Crippen LogP contribution in [0.3, 0.4) is 0 Å². The highest BCUT2D eigenvalue weighted by Gasteiger charge is 2.07. The summed E-state index contributed by atoms with van der Waals surface area (Å²) < 4.78 is 6.63. The predicted octanol–water partition coefficient (Wildman–Crippen LogP) is 2.72. The van der Waals surface area contributed by atoms with E-state index in [1.54, 1.807) is 0 Å². The lowest BCUT2D eigenvalue weighted by Crippen LogP contribution is -2.17. The Hall–Kier alpha value is -1.97. The van der Waals surface area contributed by atoms with Crippen LogP contribution in [0, 0.1) is 0 Å². The maximum Gasteiger partial charge on any atom is 0.293 e. The Morgan fingerprint density at radius 1 is 1.28 bits per heavy atom. The number of benzene rings is 1. The highest BCUT2D eigenvalue weighted by Crippen LogP contribution is 2.17. The minimum Gasteiger partial charge on any atom is -0.462 e. The van der Waals surface area contributed by atoms with Crippen LogP contribution >= 0.6 is 0 Å². The van der Waals surface area contributed by atoms with Gasteiger partial charge in [-0.05, 0) is 45.0 Å². The zero-order valence-electron chi connectivity index (χ0n) is 11.3. The molecule has 0 aliphatic heterocycles. The van der Waals surface area contributed by atoms with E-state index in [0.29, 0.717) is 6.47 Å². The average Bonchev–Trinajstić information content (AvgIpc) is 2.59. The van der Waals surface area contributed by atoms with E-state index in [1.165, 1.54) is 10.9 Å². The molecule has 1 heterocycles. The van der Waals surface area contributed by atoms with Crippen LogP contribution in [0.15, 0.2) is 30.5 Å². The van der Waals surface area contributed by atoms with E-state index in [-0.39, 0.29) is 5.60 Å². The van der Waals surface area contributed by atoms with Crippen molar-refractivity contribution in [3.05, 3.63) is 30.5 Å². The number of hydrogen-bond acceptors (Lipinski definition) is 3. The van der Waals surface area contributed by atoms with Gasteiger partial charge in [-0.1, -0.05) is 0 Å². The van der Waals surface area contributed by atoms with Gasteiger partial charge in [0.25, 0.3) is 6.47 Å². The molecule has 2 rings (SSSR count). The van der Waals surface area contributed by atoms with Crippen LogP contribution in [-0.4, -0.2) is 16.6 Å². The standard InChI is InChI=1S/C9H10N2.C5H10O2/c1-11-5-4-7-6-8(10)2-3-9(7)11;1-5(2,3)7-4-6/h2-6H,10H2,1H3;4H,1-3H3. The van der Waals surface area contributed by atoms with Gasteiger partial charge in [0.2, 0.25) is 0 Å². The first-order valence-corrected chi connectivity index (χ1v) is 5.75. The second-order valence-corrected chi connectivity index (χ2v) is 5.07. The van der Waals surface area contributed by atoms with Gasteiger partial charge in [0, 0.05) is 29.8 Å². The molecule has 0 atom stereocenters. The van der Waals surface area contributed by atoms with E-state index in [9.17, 15) is 4.79 Å². The van der Waals surface area contributed by atoms with E-state index < -0.39 is 0 Å². The topological polar surface area (TPSA) is 57.2 Å². The van der Waals surface area contributed by atoms with Crippen LogP contribution in [0.2, 0.25) is 0 Å². The van der Waals surface area contributed by atoms with Gasteiger partial charge >= 0.3 is 0 Å². The Balaban J connectivity index is 0.000000203. The van der Waals surface area contributed by atoms with Gasteiger partial charge in [0.05, 0.1) is 0 Å². The molecule has 0 spiro atoms. The van der Waals surface area contributed by atoms with Crippen LogP contribution in [0.4, 0.5) is 5.69 Å². The largest absolute Gasteiger partial charge is 0.462 e. The van der Waals surface area contributed by atoms with Crippen molar-refractivity contribution in [1.29, 1.82) is 0 Å². The molecule has 98 valence electrons. The number of hydrogen-bond donors (Lipinski definition) is 1. The summed E-state index contributed by atoms with van der Waals surface area (Å²) in [4.78, 5) is 9.60. The maximum atomic E-state index is 9.60. The van der Waals surface area contributed by atoms with Gasteiger partial charge in [0.1, 0.15) is 5.60 Å². The van der Waals surface area contributed by atoms with Gasteiger partial charge in [-0.3, -0.25) is 4.79 Å². The predicted molar refractivity (Wildman–Crippen MR) is 74.2 cm³/mol. The number of anilines is 1. The molecule has 0 fully saturated rings. The molecular formula is C14H20N2O2. The highest BCUT2D eigenvalue weighted by atomic mass is 16.5. The molecule has 0 amide bonds. The number of carbonyl (C=O) groups is 1. The van der Waals surface area contributed by atoms with Crippen molar-refractivity contribution in [2.45, 2.75) is 26.4 Å². The zero-order chi connectivity index (χ0) is 13.8. The molecular weight excluding hydrogens is 228 g/mol. The fourth-order valence-electron chi connectivity index (χ4n) is 1.44. The number of nitrogens with zero attached hydrogens (tertiary/aromatic N) is 1. The van der Waals surface area contributed by atoms with Crippen LogP contribution in [0.25, 0.3) is 10.9 Å². The van der Waals surface area contributed by atoms with Crippen molar-refractivity contribution < 1.29 is 9.53 Å². The third-order valence-corrected chi connectivity index (χ3v) is 2.31. The highest BCUT2D eigenvalue weighted by molar-refractivity contribution is 5.83. The molecule has 1 aromatic carbocycles. The summed E-state index contributed by atoms with van der Waals surface area (Å²) in [5, 5.41) is 1.20. The van der Waals surface area contributed by atoms with Crippen LogP contribution in [0.5, 0.6) is 0 Å². The molecule has 0 unspecified atom stereocenters. The summed E-state index contributed by atoms with van der Waals surface area (Å²) in [7, 11) is 2.03. The van der Waals surface area contributed by atoms with Crippen LogP contribution in [0.1, 0.15) is 20.8 Å². The number of aromatic nitrogens is 1. The molecule has 0 radical (unpaired) electrons. The summed E-state index contributed by atoms with van der Waals surface area (Å²) >= 11 is 0. The summed E-state index contributed by atoms with van der Waals surface area (Å²) in [5.41, 5.74) is 7.35. The van der Waals surface area contributed by atoms with E-state index in [0.717, 1.165) is 5.69 Å². The average molecular weight is 248 g/mol. The Labute approximate surface area is 107 Å². The monoisotopic (exact) mass is 248 g/mol. The molecule has 0 saturated heterocycles. The van der Waals surface area contributed by atoms with Gasteiger partial charge in [0.15, 0.2) is 0 Å². The number of carbonyl (C=O) groups excluding carboxylic acids is 1. The Morgan fingerprint density at radius 2 is 1.94 bits per heavy atom. The number of ether oxygens (including phenoxy) is 1. The lowest BCUT2D eigenvalue weighted by Gasteiger charge is -2.14. The molecule has 4 heteroatoms. The summed E-state index contributed by atoms with van der Waals surface area (Å²) in [6, 6.07) is 7.99. The summed E-state index contributed by atoms with van der Waals surface area (Å²) in [6.45, 7) is 5.92. The third-order valence-electron chi connectivity index (χ3n) is 2.31. The number of nitrogens with two attached hydrogens (primary N) is 1. The fraction of sp³-hybridized carbons (Fsp3) is 0.357. The van der Waals surface area contributed by atoms with E-state index in [2.05, 4.69) is 15.4 Å². The normalized spacial score (nSPS) is 10.7. The molecule has 18 heavy (non-hydrogen) atoms. The smallest absolute Gasteiger partial charge is 0.293 e. The summed E-state index contributed by atoms with van der Waals surface area (Å²) in [6.07, 6.45) is 2.03. The Morgan fingerprint density at radius 3 is 2.44 bits per heavy atom. The Kier molecular flexibility index (Phi) is 4.37.